The number of methoxy groups -OCH3 is 1. The summed E-state index contributed by atoms with van der Waals surface area (Å²) >= 11 is 0. The van der Waals surface area contributed by atoms with Crippen LogP contribution in [0, 0.1) is 17.2 Å². The van der Waals surface area contributed by atoms with Crippen molar-refractivity contribution in [1.29, 1.82) is 5.26 Å². The first-order valence-electron chi connectivity index (χ1n) is 10.9. The van der Waals surface area contributed by atoms with Gasteiger partial charge < -0.3 is 24.4 Å². The fraction of sp³-hybridized carbons (Fsp3) is 0.391. The van der Waals surface area contributed by atoms with Gasteiger partial charge in [0.15, 0.2) is 17.3 Å². The number of amides is 1. The second-order valence-corrected chi connectivity index (χ2v) is 8.97. The van der Waals surface area contributed by atoms with Gasteiger partial charge in [0.05, 0.1) is 49.8 Å². The Morgan fingerprint density at radius 1 is 1.20 bits per heavy atom. The number of anilines is 2. The molecule has 1 aliphatic heterocycles. The van der Waals surface area contributed by atoms with Crippen LogP contribution in [0.2, 0.25) is 0 Å². The number of nitriles is 1. The van der Waals surface area contributed by atoms with E-state index in [0.29, 0.717) is 54.1 Å². The van der Waals surface area contributed by atoms with Crippen LogP contribution in [0.4, 0.5) is 16.4 Å². The van der Waals surface area contributed by atoms with E-state index in [1.807, 2.05) is 26.8 Å². The molecule has 12 nitrogen and oxygen atoms in total. The molecule has 4 rings (SSSR count). The Kier molecular flexibility index (Phi) is 6.68. The molecule has 1 amide bonds. The van der Waals surface area contributed by atoms with Gasteiger partial charge >= 0.3 is 6.09 Å². The summed E-state index contributed by atoms with van der Waals surface area (Å²) in [6.45, 7) is 7.06. The molecule has 182 valence electrons. The van der Waals surface area contributed by atoms with E-state index >= 15 is 0 Å². The summed E-state index contributed by atoms with van der Waals surface area (Å²) in [6, 6.07) is 3.70. The van der Waals surface area contributed by atoms with Crippen LogP contribution in [0.5, 0.6) is 11.5 Å². The molecule has 35 heavy (non-hydrogen) atoms. The van der Waals surface area contributed by atoms with E-state index in [1.165, 1.54) is 12.4 Å². The quantitative estimate of drug-likeness (QED) is 0.518. The number of hydrogen-bond donors (Lipinski definition) is 2. The largest absolute Gasteiger partial charge is 0.494 e. The molecule has 1 fully saturated rings. The highest BCUT2D eigenvalue weighted by Crippen LogP contribution is 2.38. The number of likely N-dealkylation sites (tertiary alicyclic amines) is 1. The first kappa shape index (κ1) is 23.7. The molecule has 0 radical (unpaired) electrons. The van der Waals surface area contributed by atoms with Gasteiger partial charge in [-0.1, -0.05) is 0 Å². The number of carbonyl (C=O) groups excluding carboxylic acids is 1. The van der Waals surface area contributed by atoms with Gasteiger partial charge in [0, 0.05) is 25.1 Å². The Balaban J connectivity index is 1.42. The topological polar surface area (TPSA) is 151 Å². The predicted molar refractivity (Wildman–Crippen MR) is 125 cm³/mol. The number of rotatable bonds is 7. The molecule has 12 heteroatoms. The van der Waals surface area contributed by atoms with Crippen molar-refractivity contribution in [3.05, 3.63) is 36.5 Å². The van der Waals surface area contributed by atoms with Crippen LogP contribution in [0.3, 0.4) is 0 Å². The summed E-state index contributed by atoms with van der Waals surface area (Å²) in [5.74, 6) is 2.15. The third-order valence-corrected chi connectivity index (χ3v) is 5.05. The molecule has 0 saturated carbocycles. The number of carbonyl (C=O) groups is 1. The minimum absolute atomic E-state index is 0.176. The first-order valence-corrected chi connectivity index (χ1v) is 10.9. The van der Waals surface area contributed by atoms with Crippen molar-refractivity contribution in [2.24, 2.45) is 5.92 Å². The number of aromatic amines is 1. The molecule has 0 aromatic carbocycles. The normalized spacial score (nSPS) is 13.5. The van der Waals surface area contributed by atoms with E-state index in [9.17, 15) is 4.79 Å². The fourth-order valence-corrected chi connectivity index (χ4v) is 3.41. The minimum atomic E-state index is -0.524. The lowest BCUT2D eigenvalue weighted by Gasteiger charge is -2.39. The molecule has 4 heterocycles. The molecular formula is C23H26N8O4. The second-order valence-electron chi connectivity index (χ2n) is 8.97. The molecule has 1 saturated heterocycles. The average Bonchev–Trinajstić information content (AvgIpc) is 3.25. The number of nitrogens with one attached hydrogen (secondary N) is 2. The molecule has 0 atom stereocenters. The Bertz CT molecular complexity index is 1220. The molecule has 0 bridgehead atoms. The summed E-state index contributed by atoms with van der Waals surface area (Å²) in [5, 5.41) is 19.1. The zero-order chi connectivity index (χ0) is 25.0. The van der Waals surface area contributed by atoms with Crippen LogP contribution >= 0.6 is 0 Å². The van der Waals surface area contributed by atoms with Gasteiger partial charge in [0.1, 0.15) is 23.2 Å². The standard InChI is InChI=1S/C23H26N8O4/c1-23(2,3)35-22(32)31-11-14(12-31)13-34-18-9-25-8-17(33-4)21(18)16-5-19(30-29-16)28-20-10-26-15(6-24)7-27-20/h5,7-10,14H,11-13H2,1-4H3,(H2,27,28,29,30). The highest BCUT2D eigenvalue weighted by molar-refractivity contribution is 5.75. The van der Waals surface area contributed by atoms with Gasteiger partial charge in [-0.15, -0.1) is 0 Å². The van der Waals surface area contributed by atoms with Crippen molar-refractivity contribution in [3.8, 4) is 28.8 Å². The van der Waals surface area contributed by atoms with Gasteiger partial charge in [0.25, 0.3) is 0 Å². The van der Waals surface area contributed by atoms with Crippen molar-refractivity contribution in [3.63, 3.8) is 0 Å². The molecular weight excluding hydrogens is 452 g/mol. The Morgan fingerprint density at radius 2 is 1.97 bits per heavy atom. The predicted octanol–water partition coefficient (Wildman–Crippen LogP) is 3.13. The summed E-state index contributed by atoms with van der Waals surface area (Å²) in [4.78, 5) is 26.1. The maximum absolute atomic E-state index is 12.1. The molecule has 0 spiro atoms. The van der Waals surface area contributed by atoms with Gasteiger partial charge in [-0.25, -0.2) is 14.8 Å². The number of nitrogens with zero attached hydrogens (tertiary/aromatic N) is 6. The maximum Gasteiger partial charge on any atom is 0.410 e. The lowest BCUT2D eigenvalue weighted by Crippen LogP contribution is -2.53. The zero-order valence-corrected chi connectivity index (χ0v) is 19.9. The molecule has 0 unspecified atom stereocenters. The van der Waals surface area contributed by atoms with Crippen molar-refractivity contribution in [2.75, 3.05) is 32.1 Å². The van der Waals surface area contributed by atoms with Crippen LogP contribution in [0.25, 0.3) is 11.3 Å². The highest BCUT2D eigenvalue weighted by Gasteiger charge is 2.34. The van der Waals surface area contributed by atoms with E-state index < -0.39 is 5.60 Å². The van der Waals surface area contributed by atoms with Crippen LogP contribution < -0.4 is 14.8 Å². The smallest absolute Gasteiger partial charge is 0.410 e. The van der Waals surface area contributed by atoms with E-state index in [2.05, 4.69) is 30.5 Å². The van der Waals surface area contributed by atoms with E-state index in [1.54, 1.807) is 30.5 Å². The van der Waals surface area contributed by atoms with Crippen molar-refractivity contribution in [1.82, 2.24) is 30.0 Å². The second kappa shape index (κ2) is 9.84. The molecule has 1 aliphatic rings. The van der Waals surface area contributed by atoms with Crippen LogP contribution in [-0.2, 0) is 4.74 Å². The van der Waals surface area contributed by atoms with Gasteiger partial charge in [-0.2, -0.15) is 10.4 Å². The maximum atomic E-state index is 12.1. The number of ether oxygens (including phenoxy) is 3. The monoisotopic (exact) mass is 478 g/mol. The lowest BCUT2D eigenvalue weighted by atomic mass is 10.0. The molecule has 3 aromatic heterocycles. The third kappa shape index (κ3) is 5.75. The average molecular weight is 479 g/mol. The fourth-order valence-electron chi connectivity index (χ4n) is 3.41. The Labute approximate surface area is 202 Å². The van der Waals surface area contributed by atoms with Crippen LogP contribution in [0.15, 0.2) is 30.9 Å². The van der Waals surface area contributed by atoms with Crippen LogP contribution in [-0.4, -0.2) is 68.5 Å². The first-order chi connectivity index (χ1) is 16.8. The third-order valence-electron chi connectivity index (χ3n) is 5.05. The lowest BCUT2D eigenvalue weighted by molar-refractivity contribution is -0.00781. The zero-order valence-electron chi connectivity index (χ0n) is 19.9. The van der Waals surface area contributed by atoms with Crippen molar-refractivity contribution >= 4 is 17.7 Å². The molecule has 0 aliphatic carbocycles. The summed E-state index contributed by atoms with van der Waals surface area (Å²) in [5.41, 5.74) is 1.01. The van der Waals surface area contributed by atoms with E-state index in [-0.39, 0.29) is 17.7 Å². The number of aromatic nitrogens is 5. The highest BCUT2D eigenvalue weighted by atomic mass is 16.6. The van der Waals surface area contributed by atoms with Crippen LogP contribution in [0.1, 0.15) is 26.5 Å². The number of hydrogen-bond acceptors (Lipinski definition) is 10. The Morgan fingerprint density at radius 3 is 2.63 bits per heavy atom. The van der Waals surface area contributed by atoms with Crippen molar-refractivity contribution in [2.45, 2.75) is 26.4 Å². The number of pyridine rings is 1. The van der Waals surface area contributed by atoms with Gasteiger partial charge in [-0.05, 0) is 20.8 Å². The molecule has 3 aromatic rings. The van der Waals surface area contributed by atoms with E-state index in [4.69, 9.17) is 19.5 Å². The number of H-pyrrole nitrogens is 1. The van der Waals surface area contributed by atoms with Crippen molar-refractivity contribution < 1.29 is 19.0 Å². The summed E-state index contributed by atoms with van der Waals surface area (Å²) in [6.07, 6.45) is 5.71. The molecule has 2 N–H and O–H groups in total. The van der Waals surface area contributed by atoms with E-state index in [0.717, 1.165) is 0 Å². The Hall–Kier alpha value is -4.40. The summed E-state index contributed by atoms with van der Waals surface area (Å²) < 4.78 is 17.0. The summed E-state index contributed by atoms with van der Waals surface area (Å²) in [7, 11) is 1.55. The van der Waals surface area contributed by atoms with Gasteiger partial charge in [0.2, 0.25) is 0 Å². The SMILES string of the molecule is COc1cncc(OCC2CN(C(=O)OC(C)(C)C)C2)c1-c1cc(Nc2cnc(C#N)cn2)n[nH]1. The van der Waals surface area contributed by atoms with Gasteiger partial charge in [-0.3, -0.25) is 10.1 Å². The minimum Gasteiger partial charge on any atom is -0.494 e.